The van der Waals surface area contributed by atoms with E-state index in [0.717, 1.165) is 37.6 Å². The van der Waals surface area contributed by atoms with Crippen LogP contribution in [0.15, 0.2) is 35.3 Å². The SMILES string of the molecule is CN=C(NCCN(C)C(=O)OC(C)(C)C)N1CCC(Oc2ccccc2)CC1.I. The van der Waals surface area contributed by atoms with Crippen LogP contribution in [0.1, 0.15) is 33.6 Å². The van der Waals surface area contributed by atoms with Crippen LogP contribution in [0, 0.1) is 0 Å². The van der Waals surface area contributed by atoms with Crippen molar-refractivity contribution in [2.75, 3.05) is 40.3 Å². The third kappa shape index (κ3) is 9.10. The first-order valence-corrected chi connectivity index (χ1v) is 9.90. The predicted octanol–water partition coefficient (Wildman–Crippen LogP) is 3.59. The summed E-state index contributed by atoms with van der Waals surface area (Å²) in [5.41, 5.74) is -0.485. The summed E-state index contributed by atoms with van der Waals surface area (Å²) in [4.78, 5) is 20.2. The number of ether oxygens (including phenoxy) is 2. The summed E-state index contributed by atoms with van der Waals surface area (Å²) in [7, 11) is 3.53. The van der Waals surface area contributed by atoms with Crippen LogP contribution < -0.4 is 10.1 Å². The highest BCUT2D eigenvalue weighted by Crippen LogP contribution is 2.18. The number of likely N-dealkylation sites (tertiary alicyclic amines) is 1. The highest BCUT2D eigenvalue weighted by Gasteiger charge is 2.23. The second-order valence-corrected chi connectivity index (χ2v) is 7.99. The average Bonchev–Trinajstić information content (AvgIpc) is 2.65. The quantitative estimate of drug-likeness (QED) is 0.367. The molecule has 0 unspecified atom stereocenters. The van der Waals surface area contributed by atoms with Crippen LogP contribution in [0.5, 0.6) is 5.75 Å². The number of nitrogens with one attached hydrogen (secondary N) is 1. The summed E-state index contributed by atoms with van der Waals surface area (Å²) in [6, 6.07) is 9.96. The van der Waals surface area contributed by atoms with Crippen LogP contribution >= 0.6 is 24.0 Å². The maximum Gasteiger partial charge on any atom is 0.410 e. The molecule has 7 nitrogen and oxygen atoms in total. The maximum atomic E-state index is 12.0. The molecule has 1 fully saturated rings. The van der Waals surface area contributed by atoms with Crippen LogP contribution in [0.4, 0.5) is 4.79 Å². The number of guanidine groups is 1. The van der Waals surface area contributed by atoms with Gasteiger partial charge in [-0.25, -0.2) is 4.79 Å². The molecule has 0 aliphatic carbocycles. The fourth-order valence-corrected chi connectivity index (χ4v) is 2.98. The standard InChI is InChI=1S/C21H34N4O3.HI/c1-21(2,3)28-20(26)24(5)16-13-23-19(22-4)25-14-11-18(12-15-25)27-17-9-7-6-8-10-17;/h6-10,18H,11-16H2,1-5H3,(H,22,23);1H. The normalized spacial score (nSPS) is 15.3. The minimum absolute atomic E-state index is 0. The zero-order valence-corrected chi connectivity index (χ0v) is 20.5. The van der Waals surface area contributed by atoms with E-state index in [2.05, 4.69) is 15.2 Å². The molecule has 1 aliphatic rings. The molecule has 0 bridgehead atoms. The number of para-hydroxylation sites is 1. The van der Waals surface area contributed by atoms with E-state index in [4.69, 9.17) is 9.47 Å². The number of carbonyl (C=O) groups excluding carboxylic acids is 1. The van der Waals surface area contributed by atoms with Crippen molar-refractivity contribution in [1.82, 2.24) is 15.1 Å². The number of nitrogens with zero attached hydrogens (tertiary/aromatic N) is 3. The Kier molecular flexibility index (Phi) is 10.6. The Morgan fingerprint density at radius 3 is 2.41 bits per heavy atom. The zero-order chi connectivity index (χ0) is 20.6. The number of rotatable bonds is 5. The number of piperidine rings is 1. The lowest BCUT2D eigenvalue weighted by Crippen LogP contribution is -2.49. The van der Waals surface area contributed by atoms with Crippen molar-refractivity contribution in [1.29, 1.82) is 0 Å². The van der Waals surface area contributed by atoms with Crippen molar-refractivity contribution in [2.45, 2.75) is 45.3 Å². The first-order chi connectivity index (χ1) is 13.3. The first kappa shape index (κ1) is 25.3. The van der Waals surface area contributed by atoms with Gasteiger partial charge in [0.25, 0.3) is 0 Å². The van der Waals surface area contributed by atoms with Gasteiger partial charge in [0.15, 0.2) is 5.96 Å². The first-order valence-electron chi connectivity index (χ1n) is 9.90. The number of amides is 1. The molecule has 1 saturated heterocycles. The monoisotopic (exact) mass is 518 g/mol. The van der Waals surface area contributed by atoms with E-state index in [1.54, 1.807) is 19.0 Å². The zero-order valence-electron chi connectivity index (χ0n) is 18.2. The number of benzene rings is 1. The number of aliphatic imine (C=N–C) groups is 1. The molecule has 1 N–H and O–H groups in total. The summed E-state index contributed by atoms with van der Waals surface area (Å²) in [6.45, 7) is 8.53. The van der Waals surface area contributed by atoms with E-state index in [0.29, 0.717) is 13.1 Å². The van der Waals surface area contributed by atoms with E-state index < -0.39 is 5.60 Å². The van der Waals surface area contributed by atoms with Gasteiger partial charge >= 0.3 is 6.09 Å². The van der Waals surface area contributed by atoms with Gasteiger partial charge in [0.2, 0.25) is 0 Å². The Balaban J connectivity index is 0.00000420. The number of carbonyl (C=O) groups is 1. The van der Waals surface area contributed by atoms with E-state index in [-0.39, 0.29) is 36.2 Å². The van der Waals surface area contributed by atoms with Gasteiger partial charge in [0.1, 0.15) is 17.5 Å². The third-order valence-corrected chi connectivity index (χ3v) is 4.43. The van der Waals surface area contributed by atoms with Gasteiger partial charge in [0, 0.05) is 53.1 Å². The Bertz CT molecular complexity index is 641. The molecule has 1 aromatic carbocycles. The molecule has 1 amide bonds. The van der Waals surface area contributed by atoms with Gasteiger partial charge < -0.3 is 24.6 Å². The summed E-state index contributed by atoms with van der Waals surface area (Å²) >= 11 is 0. The van der Waals surface area contributed by atoms with Crippen molar-refractivity contribution in [3.63, 3.8) is 0 Å². The van der Waals surface area contributed by atoms with E-state index in [9.17, 15) is 4.79 Å². The van der Waals surface area contributed by atoms with E-state index >= 15 is 0 Å². The van der Waals surface area contributed by atoms with E-state index in [1.807, 2.05) is 51.1 Å². The van der Waals surface area contributed by atoms with Crippen LogP contribution in [-0.4, -0.2) is 73.8 Å². The summed E-state index contributed by atoms with van der Waals surface area (Å²) in [6.07, 6.45) is 1.82. The minimum atomic E-state index is -0.485. The highest BCUT2D eigenvalue weighted by molar-refractivity contribution is 14.0. The fourth-order valence-electron chi connectivity index (χ4n) is 2.98. The van der Waals surface area contributed by atoms with Crippen molar-refractivity contribution in [3.8, 4) is 5.75 Å². The maximum absolute atomic E-state index is 12.0. The number of hydrogen-bond donors (Lipinski definition) is 1. The molecule has 164 valence electrons. The fraction of sp³-hybridized carbons (Fsp3) is 0.619. The molecule has 8 heteroatoms. The molecule has 0 radical (unpaired) electrons. The lowest BCUT2D eigenvalue weighted by molar-refractivity contribution is 0.0301. The van der Waals surface area contributed by atoms with Gasteiger partial charge in [-0.3, -0.25) is 4.99 Å². The Morgan fingerprint density at radius 2 is 1.86 bits per heavy atom. The van der Waals surface area contributed by atoms with Gasteiger partial charge in [-0.15, -0.1) is 24.0 Å². The second-order valence-electron chi connectivity index (χ2n) is 7.99. The molecule has 0 saturated carbocycles. The van der Waals surface area contributed by atoms with Crippen LogP contribution in [-0.2, 0) is 4.74 Å². The second kappa shape index (κ2) is 12.1. The molecule has 2 rings (SSSR count). The van der Waals surface area contributed by atoms with Gasteiger partial charge in [-0.05, 0) is 32.9 Å². The molecule has 0 spiro atoms. The van der Waals surface area contributed by atoms with Crippen molar-refractivity contribution in [3.05, 3.63) is 30.3 Å². The number of hydrogen-bond acceptors (Lipinski definition) is 4. The molecule has 29 heavy (non-hydrogen) atoms. The van der Waals surface area contributed by atoms with Crippen molar-refractivity contribution < 1.29 is 14.3 Å². The van der Waals surface area contributed by atoms with Gasteiger partial charge in [0.05, 0.1) is 0 Å². The van der Waals surface area contributed by atoms with Crippen molar-refractivity contribution in [2.24, 2.45) is 4.99 Å². The van der Waals surface area contributed by atoms with Crippen LogP contribution in [0.3, 0.4) is 0 Å². The van der Waals surface area contributed by atoms with Gasteiger partial charge in [-0.1, -0.05) is 18.2 Å². The molecular weight excluding hydrogens is 483 g/mol. The highest BCUT2D eigenvalue weighted by atomic mass is 127. The third-order valence-electron chi connectivity index (χ3n) is 4.43. The minimum Gasteiger partial charge on any atom is -0.490 e. The summed E-state index contributed by atoms with van der Waals surface area (Å²) < 4.78 is 11.4. The largest absolute Gasteiger partial charge is 0.490 e. The average molecular weight is 518 g/mol. The topological polar surface area (TPSA) is 66.4 Å². The Morgan fingerprint density at radius 1 is 1.24 bits per heavy atom. The summed E-state index contributed by atoms with van der Waals surface area (Å²) in [5, 5.41) is 3.34. The van der Waals surface area contributed by atoms with E-state index in [1.165, 1.54) is 0 Å². The lowest BCUT2D eigenvalue weighted by Gasteiger charge is -2.34. The molecule has 1 aromatic rings. The molecule has 1 aliphatic heterocycles. The molecule has 0 atom stereocenters. The van der Waals surface area contributed by atoms with Crippen LogP contribution in [0.2, 0.25) is 0 Å². The number of halogens is 1. The Labute approximate surface area is 191 Å². The Hall–Kier alpha value is -1.71. The van der Waals surface area contributed by atoms with Crippen molar-refractivity contribution >= 4 is 36.0 Å². The number of likely N-dealkylation sites (N-methyl/N-ethyl adjacent to an activating group) is 1. The lowest BCUT2D eigenvalue weighted by atomic mass is 10.1. The molecule has 0 aromatic heterocycles. The molecular formula is C21H35IN4O3. The summed E-state index contributed by atoms with van der Waals surface area (Å²) in [5.74, 6) is 1.78. The van der Waals surface area contributed by atoms with Crippen LogP contribution in [0.25, 0.3) is 0 Å². The smallest absolute Gasteiger partial charge is 0.410 e. The molecule has 1 heterocycles. The predicted molar refractivity (Wildman–Crippen MR) is 127 cm³/mol. The van der Waals surface area contributed by atoms with Gasteiger partial charge in [-0.2, -0.15) is 0 Å².